The molecule has 1 nitrogen and oxygen atoms in total. The Morgan fingerprint density at radius 2 is 1.79 bits per heavy atom. The fraction of sp³-hybridized carbons (Fsp3) is 0.300. The van der Waals surface area contributed by atoms with Crippen LogP contribution in [0.2, 0.25) is 0 Å². The molecule has 0 fully saturated rings. The molecule has 0 aliphatic heterocycles. The predicted octanol–water partition coefficient (Wildman–Crippen LogP) is 2.93. The Morgan fingerprint density at radius 1 is 1.21 bits per heavy atom. The molecular formula is C10H10F3N. The highest BCUT2D eigenvalue weighted by molar-refractivity contribution is 5.80. The number of benzene rings is 1. The van der Waals surface area contributed by atoms with Gasteiger partial charge in [0.25, 0.3) is 0 Å². The summed E-state index contributed by atoms with van der Waals surface area (Å²) in [6.07, 6.45) is 1.88. The van der Waals surface area contributed by atoms with E-state index in [1.54, 1.807) is 0 Å². The van der Waals surface area contributed by atoms with Crippen LogP contribution >= 0.6 is 0 Å². The Morgan fingerprint density at radius 3 is 2.29 bits per heavy atom. The third-order valence-electron chi connectivity index (χ3n) is 1.62. The van der Waals surface area contributed by atoms with Crippen LogP contribution in [0, 0.1) is 17.5 Å². The lowest BCUT2D eigenvalue weighted by Crippen LogP contribution is -1.96. The minimum absolute atomic E-state index is 0.292. The summed E-state index contributed by atoms with van der Waals surface area (Å²) in [7, 11) is 0. The second-order valence-electron chi connectivity index (χ2n) is 2.82. The van der Waals surface area contributed by atoms with Crippen molar-refractivity contribution in [1.29, 1.82) is 0 Å². The molecule has 0 amide bonds. The summed E-state index contributed by atoms with van der Waals surface area (Å²) in [5, 5.41) is 0. The number of aliphatic imine (C=N–C) groups is 1. The van der Waals surface area contributed by atoms with Gasteiger partial charge in [0, 0.05) is 24.9 Å². The lowest BCUT2D eigenvalue weighted by atomic mass is 10.2. The van der Waals surface area contributed by atoms with Gasteiger partial charge in [0.1, 0.15) is 17.5 Å². The van der Waals surface area contributed by atoms with E-state index in [0.29, 0.717) is 18.7 Å². The molecule has 0 N–H and O–H groups in total. The zero-order valence-electron chi connectivity index (χ0n) is 7.73. The molecule has 0 saturated heterocycles. The van der Waals surface area contributed by atoms with Crippen molar-refractivity contribution in [3.05, 3.63) is 35.1 Å². The fourth-order valence-electron chi connectivity index (χ4n) is 0.962. The molecule has 14 heavy (non-hydrogen) atoms. The topological polar surface area (TPSA) is 12.4 Å². The van der Waals surface area contributed by atoms with Gasteiger partial charge in [-0.05, 0) is 6.42 Å². The quantitative estimate of drug-likeness (QED) is 0.667. The van der Waals surface area contributed by atoms with Gasteiger partial charge in [0.15, 0.2) is 0 Å². The normalized spacial score (nSPS) is 11.1. The average Bonchev–Trinajstić information content (AvgIpc) is 2.09. The van der Waals surface area contributed by atoms with Gasteiger partial charge in [0.2, 0.25) is 0 Å². The molecule has 1 aromatic carbocycles. The molecule has 0 saturated carbocycles. The smallest absolute Gasteiger partial charge is 0.137 e. The van der Waals surface area contributed by atoms with Gasteiger partial charge in [0.05, 0.1) is 5.56 Å². The Labute approximate surface area is 80.3 Å². The van der Waals surface area contributed by atoms with E-state index >= 15 is 0 Å². The number of halogens is 3. The van der Waals surface area contributed by atoms with Crippen LogP contribution in [-0.4, -0.2) is 12.8 Å². The van der Waals surface area contributed by atoms with Crippen LogP contribution in [-0.2, 0) is 0 Å². The molecule has 0 spiro atoms. The molecule has 0 unspecified atom stereocenters. The molecule has 0 atom stereocenters. The van der Waals surface area contributed by atoms with Crippen LogP contribution in [0.5, 0.6) is 0 Å². The van der Waals surface area contributed by atoms with Crippen molar-refractivity contribution in [3.63, 3.8) is 0 Å². The van der Waals surface area contributed by atoms with Gasteiger partial charge in [-0.3, -0.25) is 4.99 Å². The van der Waals surface area contributed by atoms with Crippen molar-refractivity contribution < 1.29 is 13.2 Å². The van der Waals surface area contributed by atoms with E-state index in [-0.39, 0.29) is 5.56 Å². The zero-order valence-corrected chi connectivity index (χ0v) is 7.73. The Kier molecular flexibility index (Phi) is 3.68. The van der Waals surface area contributed by atoms with Crippen molar-refractivity contribution in [2.45, 2.75) is 13.3 Å². The summed E-state index contributed by atoms with van der Waals surface area (Å²) in [4.78, 5) is 3.78. The van der Waals surface area contributed by atoms with Crippen molar-refractivity contribution >= 4 is 6.21 Å². The molecule has 1 aromatic rings. The van der Waals surface area contributed by atoms with E-state index in [2.05, 4.69) is 4.99 Å². The molecule has 0 aromatic heterocycles. The number of rotatable bonds is 3. The summed E-state index contributed by atoms with van der Waals surface area (Å²) >= 11 is 0. The van der Waals surface area contributed by atoms with Crippen LogP contribution in [0.25, 0.3) is 0 Å². The molecule has 1 rings (SSSR count). The first-order valence-electron chi connectivity index (χ1n) is 4.29. The SMILES string of the molecule is CCCN=Cc1c(F)cc(F)cc1F. The highest BCUT2D eigenvalue weighted by atomic mass is 19.1. The molecule has 4 heteroatoms. The number of nitrogens with zero attached hydrogens (tertiary/aromatic N) is 1. The fourth-order valence-corrected chi connectivity index (χ4v) is 0.962. The van der Waals surface area contributed by atoms with E-state index in [9.17, 15) is 13.2 Å². The summed E-state index contributed by atoms with van der Waals surface area (Å²) in [5.74, 6) is -2.78. The molecule has 0 aliphatic rings. The molecule has 0 bridgehead atoms. The minimum Gasteiger partial charge on any atom is -0.292 e. The van der Waals surface area contributed by atoms with E-state index < -0.39 is 17.5 Å². The summed E-state index contributed by atoms with van der Waals surface area (Å²) in [6, 6.07) is 1.27. The van der Waals surface area contributed by atoms with Gasteiger partial charge < -0.3 is 0 Å². The Hall–Kier alpha value is -1.32. The standard InChI is InChI=1S/C10H10F3N/c1-2-3-14-6-8-9(12)4-7(11)5-10(8)13/h4-6H,2-3H2,1H3. The van der Waals surface area contributed by atoms with Crippen LogP contribution in [0.15, 0.2) is 17.1 Å². The molecule has 0 heterocycles. The number of hydrogen-bond donors (Lipinski definition) is 0. The molecule has 76 valence electrons. The van der Waals surface area contributed by atoms with Gasteiger partial charge >= 0.3 is 0 Å². The maximum Gasteiger partial charge on any atom is 0.137 e. The minimum atomic E-state index is -0.928. The van der Waals surface area contributed by atoms with Crippen LogP contribution in [0.3, 0.4) is 0 Å². The predicted molar refractivity (Wildman–Crippen MR) is 49.1 cm³/mol. The lowest BCUT2D eigenvalue weighted by molar-refractivity contribution is 0.541. The monoisotopic (exact) mass is 201 g/mol. The largest absolute Gasteiger partial charge is 0.292 e. The first-order chi connectivity index (χ1) is 6.65. The maximum atomic E-state index is 13.0. The molecule has 0 radical (unpaired) electrons. The van der Waals surface area contributed by atoms with Gasteiger partial charge in [-0.15, -0.1) is 0 Å². The third-order valence-corrected chi connectivity index (χ3v) is 1.62. The molecule has 0 aliphatic carbocycles. The zero-order chi connectivity index (χ0) is 10.6. The Bertz CT molecular complexity index is 324. The third kappa shape index (κ3) is 2.58. The van der Waals surface area contributed by atoms with Gasteiger partial charge in [-0.25, -0.2) is 13.2 Å². The van der Waals surface area contributed by atoms with E-state index in [1.807, 2.05) is 6.92 Å². The molecular weight excluding hydrogens is 191 g/mol. The van der Waals surface area contributed by atoms with Crippen LogP contribution < -0.4 is 0 Å². The van der Waals surface area contributed by atoms with E-state index in [4.69, 9.17) is 0 Å². The summed E-state index contributed by atoms with van der Waals surface area (Å²) in [5.41, 5.74) is -0.292. The first kappa shape index (κ1) is 10.8. The van der Waals surface area contributed by atoms with Crippen molar-refractivity contribution in [3.8, 4) is 0 Å². The van der Waals surface area contributed by atoms with Crippen molar-refractivity contribution in [2.75, 3.05) is 6.54 Å². The van der Waals surface area contributed by atoms with Gasteiger partial charge in [-0.1, -0.05) is 6.92 Å². The van der Waals surface area contributed by atoms with Crippen molar-refractivity contribution in [1.82, 2.24) is 0 Å². The van der Waals surface area contributed by atoms with E-state index in [1.165, 1.54) is 0 Å². The second kappa shape index (κ2) is 4.79. The lowest BCUT2D eigenvalue weighted by Gasteiger charge is -1.98. The average molecular weight is 201 g/mol. The highest BCUT2D eigenvalue weighted by Crippen LogP contribution is 2.12. The maximum absolute atomic E-state index is 13.0. The van der Waals surface area contributed by atoms with Gasteiger partial charge in [-0.2, -0.15) is 0 Å². The summed E-state index contributed by atoms with van der Waals surface area (Å²) < 4.78 is 38.4. The van der Waals surface area contributed by atoms with E-state index in [0.717, 1.165) is 12.6 Å². The number of hydrogen-bond acceptors (Lipinski definition) is 1. The van der Waals surface area contributed by atoms with Crippen LogP contribution in [0.1, 0.15) is 18.9 Å². The van der Waals surface area contributed by atoms with Crippen LogP contribution in [0.4, 0.5) is 13.2 Å². The second-order valence-corrected chi connectivity index (χ2v) is 2.82. The first-order valence-corrected chi connectivity index (χ1v) is 4.29. The van der Waals surface area contributed by atoms with Crippen molar-refractivity contribution in [2.24, 2.45) is 4.99 Å². The summed E-state index contributed by atoms with van der Waals surface area (Å²) in [6.45, 7) is 2.39. The highest BCUT2D eigenvalue weighted by Gasteiger charge is 2.08. The Balaban J connectivity index is 2.96.